The molecule has 3 rings (SSSR count). The van der Waals surface area contributed by atoms with Gasteiger partial charge in [-0.1, -0.05) is 13.8 Å². The molecule has 1 aromatic heterocycles. The van der Waals surface area contributed by atoms with Gasteiger partial charge in [-0.3, -0.25) is 4.99 Å². The highest BCUT2D eigenvalue weighted by molar-refractivity contribution is 14.0. The fourth-order valence-corrected chi connectivity index (χ4v) is 2.94. The van der Waals surface area contributed by atoms with Gasteiger partial charge in [-0.2, -0.15) is 5.10 Å². The van der Waals surface area contributed by atoms with Crippen molar-refractivity contribution in [3.05, 3.63) is 47.0 Å². The van der Waals surface area contributed by atoms with E-state index < -0.39 is 11.6 Å². The quantitative estimate of drug-likeness (QED) is 0.393. The lowest BCUT2D eigenvalue weighted by atomic mass is 10.1. The number of benzene rings is 1. The second kappa shape index (κ2) is 9.43. The van der Waals surface area contributed by atoms with Gasteiger partial charge in [0.15, 0.2) is 11.8 Å². The van der Waals surface area contributed by atoms with Gasteiger partial charge in [0.05, 0.1) is 6.54 Å². The molecule has 0 saturated heterocycles. The van der Waals surface area contributed by atoms with E-state index in [1.54, 1.807) is 7.05 Å². The van der Waals surface area contributed by atoms with Crippen LogP contribution in [0.15, 0.2) is 23.2 Å². The molecule has 9 heteroatoms. The lowest BCUT2D eigenvalue weighted by molar-refractivity contribution is 0.391. The van der Waals surface area contributed by atoms with Gasteiger partial charge in [-0.05, 0) is 24.6 Å². The summed E-state index contributed by atoms with van der Waals surface area (Å²) in [5, 5.41) is 10.9. The van der Waals surface area contributed by atoms with Crippen molar-refractivity contribution in [3.8, 4) is 0 Å². The molecule has 1 aliphatic heterocycles. The lowest BCUT2D eigenvalue weighted by Crippen LogP contribution is -2.46. The summed E-state index contributed by atoms with van der Waals surface area (Å²) in [5.74, 6) is 1.82. The second-order valence-corrected chi connectivity index (χ2v) is 6.76. The first-order valence-corrected chi connectivity index (χ1v) is 8.81. The highest BCUT2D eigenvalue weighted by Crippen LogP contribution is 2.17. The molecule has 0 saturated carbocycles. The Labute approximate surface area is 174 Å². The summed E-state index contributed by atoms with van der Waals surface area (Å²) in [6.07, 6.45) is 1.75. The Bertz CT molecular complexity index is 805. The van der Waals surface area contributed by atoms with Crippen LogP contribution in [0.4, 0.5) is 8.78 Å². The molecule has 148 valence electrons. The number of nitrogens with one attached hydrogen (secondary N) is 2. The van der Waals surface area contributed by atoms with Crippen molar-refractivity contribution in [2.75, 3.05) is 7.05 Å². The number of aromatic nitrogens is 3. The SMILES string of the molecule is CN=C(NCc1cc(F)ccc1F)NC1CCc2nc(C(C)C)nn2C1.I. The predicted octanol–water partition coefficient (Wildman–Crippen LogP) is 2.98. The van der Waals surface area contributed by atoms with E-state index in [4.69, 9.17) is 0 Å². The summed E-state index contributed by atoms with van der Waals surface area (Å²) in [6.45, 7) is 5.01. The van der Waals surface area contributed by atoms with Crippen LogP contribution in [0.2, 0.25) is 0 Å². The van der Waals surface area contributed by atoms with Crippen LogP contribution in [0.5, 0.6) is 0 Å². The molecule has 0 bridgehead atoms. The van der Waals surface area contributed by atoms with Crippen LogP contribution in [0, 0.1) is 11.6 Å². The zero-order valence-electron chi connectivity index (χ0n) is 15.7. The van der Waals surface area contributed by atoms with Crippen molar-refractivity contribution < 1.29 is 8.78 Å². The zero-order chi connectivity index (χ0) is 18.7. The highest BCUT2D eigenvalue weighted by Gasteiger charge is 2.23. The summed E-state index contributed by atoms with van der Waals surface area (Å²) in [6, 6.07) is 3.57. The minimum atomic E-state index is -0.460. The van der Waals surface area contributed by atoms with E-state index in [0.29, 0.717) is 18.4 Å². The minimum absolute atomic E-state index is 0. The van der Waals surface area contributed by atoms with Crippen LogP contribution in [-0.4, -0.2) is 33.8 Å². The molecule has 1 aliphatic rings. The van der Waals surface area contributed by atoms with Crippen molar-refractivity contribution in [1.29, 1.82) is 0 Å². The molecular formula is C18H25F2IN6. The van der Waals surface area contributed by atoms with E-state index in [0.717, 1.165) is 36.6 Å². The maximum absolute atomic E-state index is 13.7. The van der Waals surface area contributed by atoms with Gasteiger partial charge in [0.1, 0.15) is 17.5 Å². The Morgan fingerprint density at radius 3 is 2.85 bits per heavy atom. The molecule has 27 heavy (non-hydrogen) atoms. The molecule has 2 aromatic rings. The zero-order valence-corrected chi connectivity index (χ0v) is 18.0. The Morgan fingerprint density at radius 1 is 1.37 bits per heavy atom. The lowest BCUT2D eigenvalue weighted by Gasteiger charge is -2.25. The molecule has 0 spiro atoms. The third-order valence-electron chi connectivity index (χ3n) is 4.41. The van der Waals surface area contributed by atoms with Crippen molar-refractivity contribution in [2.45, 2.75) is 51.7 Å². The largest absolute Gasteiger partial charge is 0.352 e. The summed E-state index contributed by atoms with van der Waals surface area (Å²) >= 11 is 0. The molecular weight excluding hydrogens is 465 g/mol. The van der Waals surface area contributed by atoms with Crippen LogP contribution < -0.4 is 10.6 Å². The number of halogens is 3. The van der Waals surface area contributed by atoms with Gasteiger partial charge < -0.3 is 10.6 Å². The van der Waals surface area contributed by atoms with E-state index in [1.165, 1.54) is 6.07 Å². The van der Waals surface area contributed by atoms with Crippen molar-refractivity contribution in [2.24, 2.45) is 4.99 Å². The van der Waals surface area contributed by atoms with Gasteiger partial charge in [-0.25, -0.2) is 18.4 Å². The number of nitrogens with zero attached hydrogens (tertiary/aromatic N) is 4. The summed E-state index contributed by atoms with van der Waals surface area (Å²) < 4.78 is 28.9. The van der Waals surface area contributed by atoms with Crippen molar-refractivity contribution >= 4 is 29.9 Å². The molecule has 1 aromatic carbocycles. The molecule has 0 fully saturated rings. The fourth-order valence-electron chi connectivity index (χ4n) is 2.94. The minimum Gasteiger partial charge on any atom is -0.352 e. The van der Waals surface area contributed by atoms with E-state index in [-0.39, 0.29) is 42.1 Å². The highest BCUT2D eigenvalue weighted by atomic mass is 127. The molecule has 0 amide bonds. The first-order chi connectivity index (χ1) is 12.5. The summed E-state index contributed by atoms with van der Waals surface area (Å²) in [7, 11) is 1.65. The van der Waals surface area contributed by atoms with E-state index in [1.807, 2.05) is 4.68 Å². The van der Waals surface area contributed by atoms with Crippen molar-refractivity contribution in [3.63, 3.8) is 0 Å². The Hall–Kier alpha value is -1.78. The smallest absolute Gasteiger partial charge is 0.191 e. The monoisotopic (exact) mass is 490 g/mol. The molecule has 0 radical (unpaired) electrons. The molecule has 2 N–H and O–H groups in total. The average Bonchev–Trinajstić information content (AvgIpc) is 3.05. The van der Waals surface area contributed by atoms with Crippen molar-refractivity contribution in [1.82, 2.24) is 25.4 Å². The normalized spacial score (nSPS) is 16.7. The number of guanidine groups is 1. The Kier molecular flexibility index (Phi) is 7.51. The molecule has 0 aliphatic carbocycles. The Morgan fingerprint density at radius 2 is 2.15 bits per heavy atom. The molecule has 2 heterocycles. The molecule has 1 atom stereocenters. The number of hydrogen-bond acceptors (Lipinski definition) is 3. The third kappa shape index (κ3) is 5.36. The van der Waals surface area contributed by atoms with Crippen LogP contribution in [0.1, 0.15) is 43.4 Å². The van der Waals surface area contributed by atoms with Crippen LogP contribution in [0.3, 0.4) is 0 Å². The van der Waals surface area contributed by atoms with E-state index in [9.17, 15) is 8.78 Å². The number of aryl methyl sites for hydroxylation is 1. The number of rotatable bonds is 4. The van der Waals surface area contributed by atoms with Gasteiger partial charge in [0, 0.05) is 37.5 Å². The standard InChI is InChI=1S/C18H24F2N6.HI/c1-11(2)17-24-16-7-5-14(10-26(16)25-17)23-18(21-3)22-9-12-8-13(19)4-6-15(12)20;/h4,6,8,11,14H,5,7,9-10H2,1-3H3,(H2,21,22,23);1H. The van der Waals surface area contributed by atoms with E-state index >= 15 is 0 Å². The number of hydrogen-bond donors (Lipinski definition) is 2. The van der Waals surface area contributed by atoms with Gasteiger partial charge >= 0.3 is 0 Å². The maximum Gasteiger partial charge on any atom is 0.191 e. The third-order valence-corrected chi connectivity index (χ3v) is 4.41. The van der Waals surface area contributed by atoms with Crippen LogP contribution in [-0.2, 0) is 19.5 Å². The predicted molar refractivity (Wildman–Crippen MR) is 111 cm³/mol. The summed E-state index contributed by atoms with van der Waals surface area (Å²) in [5.41, 5.74) is 0.261. The second-order valence-electron chi connectivity index (χ2n) is 6.76. The Balaban J connectivity index is 0.00000261. The van der Waals surface area contributed by atoms with Crippen LogP contribution >= 0.6 is 24.0 Å². The number of fused-ring (bicyclic) bond motifs is 1. The van der Waals surface area contributed by atoms with Gasteiger partial charge in [-0.15, -0.1) is 24.0 Å². The maximum atomic E-state index is 13.7. The topological polar surface area (TPSA) is 67.1 Å². The fraction of sp³-hybridized carbons (Fsp3) is 0.500. The number of aliphatic imine (C=N–C) groups is 1. The van der Waals surface area contributed by atoms with Gasteiger partial charge in [0.25, 0.3) is 0 Å². The average molecular weight is 490 g/mol. The first-order valence-electron chi connectivity index (χ1n) is 8.81. The first kappa shape index (κ1) is 21.5. The summed E-state index contributed by atoms with van der Waals surface area (Å²) in [4.78, 5) is 8.75. The van der Waals surface area contributed by atoms with E-state index in [2.05, 4.69) is 39.6 Å². The van der Waals surface area contributed by atoms with Gasteiger partial charge in [0.2, 0.25) is 0 Å². The molecule has 6 nitrogen and oxygen atoms in total. The molecule has 1 unspecified atom stereocenters. The van der Waals surface area contributed by atoms with Crippen LogP contribution in [0.25, 0.3) is 0 Å².